The van der Waals surface area contributed by atoms with Gasteiger partial charge in [0.1, 0.15) is 0 Å². The van der Waals surface area contributed by atoms with Crippen LogP contribution in [0.2, 0.25) is 0 Å². The number of rotatable bonds is 3. The SMILES string of the molecule is C=CCl.CCCCOC(C)=O. The molecule has 0 aliphatic carbocycles. The summed E-state index contributed by atoms with van der Waals surface area (Å²) >= 11 is 4.76. The monoisotopic (exact) mass is 178 g/mol. The zero-order chi connectivity index (χ0) is 9.11. The molecule has 0 amide bonds. The van der Waals surface area contributed by atoms with Gasteiger partial charge in [-0.1, -0.05) is 31.5 Å². The number of unbranched alkanes of at least 4 members (excludes halogenated alkanes) is 1. The molecule has 66 valence electrons. The topological polar surface area (TPSA) is 26.3 Å². The van der Waals surface area contributed by atoms with E-state index in [9.17, 15) is 4.79 Å². The molecule has 0 aliphatic rings. The molecule has 0 fully saturated rings. The summed E-state index contributed by atoms with van der Waals surface area (Å²) < 4.78 is 4.64. The van der Waals surface area contributed by atoms with Gasteiger partial charge in [0.15, 0.2) is 0 Å². The van der Waals surface area contributed by atoms with Crippen LogP contribution in [0.3, 0.4) is 0 Å². The molecule has 0 aromatic heterocycles. The van der Waals surface area contributed by atoms with Crippen molar-refractivity contribution < 1.29 is 9.53 Å². The quantitative estimate of drug-likeness (QED) is 0.491. The predicted molar refractivity (Wildman–Crippen MR) is 47.6 cm³/mol. The van der Waals surface area contributed by atoms with Crippen LogP contribution >= 0.6 is 11.6 Å². The third kappa shape index (κ3) is 26.4. The molecular formula is C8H15ClO2. The van der Waals surface area contributed by atoms with E-state index in [4.69, 9.17) is 11.6 Å². The Kier molecular flexibility index (Phi) is 14.5. The Labute approximate surface area is 73.2 Å². The first-order chi connectivity index (χ1) is 5.18. The van der Waals surface area contributed by atoms with E-state index < -0.39 is 0 Å². The highest BCUT2D eigenvalue weighted by molar-refractivity contribution is 6.25. The van der Waals surface area contributed by atoms with Crippen molar-refractivity contribution in [3.8, 4) is 0 Å². The number of hydrogen-bond acceptors (Lipinski definition) is 2. The van der Waals surface area contributed by atoms with Crippen LogP contribution in [0.15, 0.2) is 12.1 Å². The van der Waals surface area contributed by atoms with E-state index in [-0.39, 0.29) is 5.97 Å². The summed E-state index contributed by atoms with van der Waals surface area (Å²) in [7, 11) is 0. The van der Waals surface area contributed by atoms with Gasteiger partial charge in [-0.15, -0.1) is 0 Å². The Bertz CT molecular complexity index is 102. The molecule has 0 radical (unpaired) electrons. The second-order valence-corrected chi connectivity index (χ2v) is 2.16. The zero-order valence-electron chi connectivity index (χ0n) is 7.10. The molecule has 0 N–H and O–H groups in total. The number of hydrogen-bond donors (Lipinski definition) is 0. The Morgan fingerprint density at radius 2 is 2.18 bits per heavy atom. The first-order valence-corrected chi connectivity index (χ1v) is 3.97. The van der Waals surface area contributed by atoms with Crippen LogP contribution in [0.25, 0.3) is 0 Å². The lowest BCUT2D eigenvalue weighted by atomic mass is 10.4. The highest BCUT2D eigenvalue weighted by Crippen LogP contribution is 1.86. The fourth-order valence-corrected chi connectivity index (χ4v) is 0.360. The van der Waals surface area contributed by atoms with Gasteiger partial charge in [-0.25, -0.2) is 0 Å². The summed E-state index contributed by atoms with van der Waals surface area (Å²) in [4.78, 5) is 10.1. The fraction of sp³-hybridized carbons (Fsp3) is 0.625. The lowest BCUT2D eigenvalue weighted by molar-refractivity contribution is -0.141. The van der Waals surface area contributed by atoms with Crippen molar-refractivity contribution in [3.63, 3.8) is 0 Å². The average molecular weight is 179 g/mol. The number of halogens is 1. The van der Waals surface area contributed by atoms with Gasteiger partial charge in [-0.3, -0.25) is 4.79 Å². The molecule has 0 saturated heterocycles. The Balaban J connectivity index is 0. The fourth-order valence-electron chi connectivity index (χ4n) is 0.360. The minimum Gasteiger partial charge on any atom is -0.466 e. The van der Waals surface area contributed by atoms with Gasteiger partial charge in [-0.05, 0) is 12.0 Å². The van der Waals surface area contributed by atoms with Gasteiger partial charge in [0, 0.05) is 6.92 Å². The first-order valence-electron chi connectivity index (χ1n) is 3.53. The van der Waals surface area contributed by atoms with E-state index >= 15 is 0 Å². The lowest BCUT2D eigenvalue weighted by Crippen LogP contribution is -1.99. The molecule has 0 rings (SSSR count). The Morgan fingerprint density at radius 1 is 1.73 bits per heavy atom. The van der Waals surface area contributed by atoms with Crippen molar-refractivity contribution in [1.82, 2.24) is 0 Å². The highest BCUT2D eigenvalue weighted by atomic mass is 35.5. The first kappa shape index (κ1) is 13.1. The van der Waals surface area contributed by atoms with Gasteiger partial charge in [0.2, 0.25) is 0 Å². The van der Waals surface area contributed by atoms with Crippen molar-refractivity contribution in [3.05, 3.63) is 12.1 Å². The largest absolute Gasteiger partial charge is 0.466 e. The van der Waals surface area contributed by atoms with E-state index in [0.717, 1.165) is 12.8 Å². The molecule has 3 heteroatoms. The maximum atomic E-state index is 10.1. The molecule has 0 aromatic carbocycles. The normalized spacial score (nSPS) is 7.55. The lowest BCUT2D eigenvalue weighted by Gasteiger charge is -1.96. The van der Waals surface area contributed by atoms with Crippen LogP contribution < -0.4 is 0 Å². The Morgan fingerprint density at radius 3 is 2.45 bits per heavy atom. The summed E-state index contributed by atoms with van der Waals surface area (Å²) in [5.74, 6) is -0.182. The average Bonchev–Trinajstić information content (AvgIpc) is 1.89. The molecule has 0 saturated carbocycles. The number of ether oxygens (including phenoxy) is 1. The van der Waals surface area contributed by atoms with Crippen molar-refractivity contribution >= 4 is 17.6 Å². The van der Waals surface area contributed by atoms with Crippen molar-refractivity contribution in [2.24, 2.45) is 0 Å². The van der Waals surface area contributed by atoms with Crippen LogP contribution in [0.4, 0.5) is 0 Å². The molecule has 0 heterocycles. The third-order valence-electron chi connectivity index (χ3n) is 0.803. The molecule has 0 unspecified atom stereocenters. The van der Waals surface area contributed by atoms with Crippen molar-refractivity contribution in [1.29, 1.82) is 0 Å². The second kappa shape index (κ2) is 12.2. The molecule has 0 atom stereocenters. The second-order valence-electron chi connectivity index (χ2n) is 1.85. The minimum absolute atomic E-state index is 0.182. The summed E-state index contributed by atoms with van der Waals surface area (Å²) in [6.45, 7) is 7.19. The molecule has 0 aromatic rings. The number of carbonyl (C=O) groups excluding carboxylic acids is 1. The van der Waals surface area contributed by atoms with Crippen LogP contribution in [0.5, 0.6) is 0 Å². The van der Waals surface area contributed by atoms with Crippen LogP contribution in [0, 0.1) is 0 Å². The van der Waals surface area contributed by atoms with Crippen LogP contribution in [-0.4, -0.2) is 12.6 Å². The molecule has 0 aliphatic heterocycles. The summed E-state index contributed by atoms with van der Waals surface area (Å²) in [6.07, 6.45) is 2.05. The Hall–Kier alpha value is -0.500. The number of carbonyl (C=O) groups is 1. The van der Waals surface area contributed by atoms with E-state index in [0.29, 0.717) is 6.61 Å². The van der Waals surface area contributed by atoms with E-state index in [1.54, 1.807) is 0 Å². The van der Waals surface area contributed by atoms with Gasteiger partial charge in [0.25, 0.3) is 0 Å². The molecular weight excluding hydrogens is 164 g/mol. The third-order valence-corrected chi connectivity index (χ3v) is 0.803. The molecule has 0 bridgehead atoms. The zero-order valence-corrected chi connectivity index (χ0v) is 7.86. The maximum Gasteiger partial charge on any atom is 0.302 e. The summed E-state index contributed by atoms with van der Waals surface area (Å²) in [6, 6.07) is 0. The molecule has 11 heavy (non-hydrogen) atoms. The van der Waals surface area contributed by atoms with Crippen molar-refractivity contribution in [2.75, 3.05) is 6.61 Å². The highest BCUT2D eigenvalue weighted by Gasteiger charge is 1.88. The molecule has 2 nitrogen and oxygen atoms in total. The van der Waals surface area contributed by atoms with E-state index in [1.807, 2.05) is 0 Å². The van der Waals surface area contributed by atoms with E-state index in [1.165, 1.54) is 12.5 Å². The minimum atomic E-state index is -0.182. The maximum absolute atomic E-state index is 10.1. The van der Waals surface area contributed by atoms with Gasteiger partial charge >= 0.3 is 5.97 Å². The summed E-state index contributed by atoms with van der Waals surface area (Å²) in [5.41, 5.74) is 1.22. The van der Waals surface area contributed by atoms with Crippen LogP contribution in [-0.2, 0) is 9.53 Å². The van der Waals surface area contributed by atoms with Gasteiger partial charge < -0.3 is 4.74 Å². The smallest absolute Gasteiger partial charge is 0.302 e. The van der Waals surface area contributed by atoms with E-state index in [2.05, 4.69) is 18.2 Å². The van der Waals surface area contributed by atoms with Crippen LogP contribution in [0.1, 0.15) is 26.7 Å². The van der Waals surface area contributed by atoms with Gasteiger partial charge in [0.05, 0.1) is 6.61 Å². The summed E-state index contributed by atoms with van der Waals surface area (Å²) in [5, 5.41) is 0. The van der Waals surface area contributed by atoms with Gasteiger partial charge in [-0.2, -0.15) is 0 Å². The number of esters is 1. The molecule has 0 spiro atoms. The van der Waals surface area contributed by atoms with Crippen molar-refractivity contribution in [2.45, 2.75) is 26.7 Å². The predicted octanol–water partition coefficient (Wildman–Crippen LogP) is 2.72. The standard InChI is InChI=1S/C6H12O2.C2H3Cl/c1-3-4-5-8-6(2)7;1-2-3/h3-5H2,1-2H3;2H,1H2.